The highest BCUT2D eigenvalue weighted by atomic mass is 31.2. The number of para-hydroxylation sites is 1. The summed E-state index contributed by atoms with van der Waals surface area (Å²) in [6.07, 6.45) is -2.87. The van der Waals surface area contributed by atoms with Crippen LogP contribution in [0.4, 0.5) is 5.82 Å². The van der Waals surface area contributed by atoms with Crippen molar-refractivity contribution in [2.45, 2.75) is 51.4 Å². The van der Waals surface area contributed by atoms with Crippen molar-refractivity contribution in [1.29, 1.82) is 5.26 Å². The highest BCUT2D eigenvalue weighted by Gasteiger charge is 2.47. The van der Waals surface area contributed by atoms with Gasteiger partial charge in [-0.05, 0) is 39.0 Å². The average molecular weight is 521 g/mol. The number of anilines is 1. The number of nitrogens with two attached hydrogens (primary N) is 1. The molecule has 1 saturated heterocycles. The first-order valence-corrected chi connectivity index (χ1v) is 12.6. The standard InChI is InChI=1S/C22H28N5O8P/c1-13(2)33-21(29)14(3)26-36(31,35-15-7-5-4-6-8-15)32-12-17-19(28)16(11-23)20(34-17)27-10-9-18(24)25-22(27)30/h4-10,13-14,16-17,19-20,28H,12H2,1-3H3,(H,26,31)(H2,24,25,30)/t14-,16+,17+,19-,20+,36+/m0/s1. The molecule has 36 heavy (non-hydrogen) atoms. The van der Waals surface area contributed by atoms with E-state index in [2.05, 4.69) is 10.1 Å². The number of benzene rings is 1. The first-order chi connectivity index (χ1) is 17.0. The molecule has 0 bridgehead atoms. The molecule has 2 heterocycles. The van der Waals surface area contributed by atoms with Crippen LogP contribution in [0.3, 0.4) is 0 Å². The highest BCUT2D eigenvalue weighted by molar-refractivity contribution is 7.52. The summed E-state index contributed by atoms with van der Waals surface area (Å²) in [6, 6.07) is 10.3. The van der Waals surface area contributed by atoms with E-state index < -0.39 is 62.5 Å². The zero-order valence-electron chi connectivity index (χ0n) is 19.9. The molecule has 1 aromatic heterocycles. The van der Waals surface area contributed by atoms with Gasteiger partial charge in [-0.15, -0.1) is 0 Å². The van der Waals surface area contributed by atoms with Gasteiger partial charge in [0, 0.05) is 6.20 Å². The van der Waals surface area contributed by atoms with Gasteiger partial charge in [0.05, 0.1) is 18.8 Å². The third kappa shape index (κ3) is 6.69. The van der Waals surface area contributed by atoms with Crippen molar-refractivity contribution in [1.82, 2.24) is 14.6 Å². The zero-order chi connectivity index (χ0) is 26.5. The SMILES string of the molecule is CC(C)OC(=O)[C@H](C)N[P@@](=O)(OC[C@H]1O[C@@H](n2ccc(N)nc2=O)[C@H](C#N)[C@@H]1O)Oc1ccccc1. The Morgan fingerprint density at radius 2 is 2.03 bits per heavy atom. The van der Waals surface area contributed by atoms with Gasteiger partial charge < -0.3 is 24.8 Å². The number of ether oxygens (including phenoxy) is 2. The highest BCUT2D eigenvalue weighted by Crippen LogP contribution is 2.46. The van der Waals surface area contributed by atoms with Gasteiger partial charge in [0.1, 0.15) is 35.7 Å². The molecule has 194 valence electrons. The molecule has 1 fully saturated rings. The number of nitriles is 1. The molecule has 1 aliphatic heterocycles. The second-order valence-corrected chi connectivity index (χ2v) is 9.98. The van der Waals surface area contributed by atoms with E-state index in [0.717, 1.165) is 4.57 Å². The van der Waals surface area contributed by atoms with Crippen LogP contribution in [0.5, 0.6) is 5.75 Å². The molecule has 2 aromatic rings. The summed E-state index contributed by atoms with van der Waals surface area (Å²) in [7, 11) is -4.23. The number of nitrogen functional groups attached to an aromatic ring is 1. The smallest absolute Gasteiger partial charge is 0.459 e. The fourth-order valence-corrected chi connectivity index (χ4v) is 4.89. The van der Waals surface area contributed by atoms with Crippen molar-refractivity contribution in [2.24, 2.45) is 5.92 Å². The summed E-state index contributed by atoms with van der Waals surface area (Å²) in [6.45, 7) is 4.27. The maximum Gasteiger partial charge on any atom is 0.459 e. The number of nitrogens with one attached hydrogen (secondary N) is 1. The Kier molecular flexibility index (Phi) is 8.84. The van der Waals surface area contributed by atoms with Gasteiger partial charge in [-0.1, -0.05) is 18.2 Å². The van der Waals surface area contributed by atoms with E-state index in [9.17, 15) is 24.5 Å². The van der Waals surface area contributed by atoms with Crippen LogP contribution < -0.4 is 21.0 Å². The molecule has 6 atom stereocenters. The van der Waals surface area contributed by atoms with Gasteiger partial charge >= 0.3 is 19.4 Å². The van der Waals surface area contributed by atoms with E-state index in [-0.39, 0.29) is 11.6 Å². The first kappa shape index (κ1) is 27.3. The Hall–Kier alpha value is -3.27. The topological polar surface area (TPSA) is 188 Å². The summed E-state index contributed by atoms with van der Waals surface area (Å²) >= 11 is 0. The van der Waals surface area contributed by atoms with Crippen LogP contribution in [0, 0.1) is 17.2 Å². The van der Waals surface area contributed by atoms with Crippen molar-refractivity contribution >= 4 is 19.5 Å². The molecule has 0 spiro atoms. The van der Waals surface area contributed by atoms with Crippen LogP contribution in [0.15, 0.2) is 47.4 Å². The lowest BCUT2D eigenvalue weighted by Gasteiger charge is -2.25. The zero-order valence-corrected chi connectivity index (χ0v) is 20.8. The number of rotatable bonds is 10. The first-order valence-electron chi connectivity index (χ1n) is 11.1. The van der Waals surface area contributed by atoms with Crippen molar-refractivity contribution in [3.05, 3.63) is 53.1 Å². The van der Waals surface area contributed by atoms with Crippen LogP contribution in [-0.2, 0) is 23.4 Å². The normalized spacial score (nSPS) is 24.0. The van der Waals surface area contributed by atoms with Gasteiger partial charge in [-0.25, -0.2) is 9.36 Å². The number of aromatic nitrogens is 2. The second kappa shape index (κ2) is 11.6. The summed E-state index contributed by atoms with van der Waals surface area (Å²) in [4.78, 5) is 28.1. The third-order valence-corrected chi connectivity index (χ3v) is 6.72. The molecule has 1 aliphatic rings. The van der Waals surface area contributed by atoms with E-state index >= 15 is 0 Å². The Bertz CT molecular complexity index is 1200. The number of hydrogen-bond donors (Lipinski definition) is 3. The molecule has 3 rings (SSSR count). The lowest BCUT2D eigenvalue weighted by Crippen LogP contribution is -2.37. The van der Waals surface area contributed by atoms with Crippen LogP contribution in [-0.4, -0.2) is 51.6 Å². The second-order valence-electron chi connectivity index (χ2n) is 8.29. The van der Waals surface area contributed by atoms with E-state index in [0.29, 0.717) is 0 Å². The Morgan fingerprint density at radius 3 is 2.64 bits per heavy atom. The summed E-state index contributed by atoms with van der Waals surface area (Å²) in [5.41, 5.74) is 4.74. The van der Waals surface area contributed by atoms with Crippen molar-refractivity contribution in [2.75, 3.05) is 12.3 Å². The number of carbonyl (C=O) groups is 1. The monoisotopic (exact) mass is 521 g/mol. The van der Waals surface area contributed by atoms with E-state index in [4.69, 9.17) is 24.3 Å². The molecule has 0 amide bonds. The fraction of sp³-hybridized carbons (Fsp3) is 0.455. The van der Waals surface area contributed by atoms with Gasteiger partial charge in [-0.3, -0.25) is 13.9 Å². The Balaban J connectivity index is 1.78. The Morgan fingerprint density at radius 1 is 1.33 bits per heavy atom. The molecule has 0 radical (unpaired) electrons. The molecular weight excluding hydrogens is 493 g/mol. The molecule has 0 saturated carbocycles. The lowest BCUT2D eigenvalue weighted by atomic mass is 10.0. The molecular formula is C22H28N5O8P. The number of carbonyl (C=O) groups excluding carboxylic acids is 1. The third-order valence-electron chi connectivity index (χ3n) is 5.08. The molecule has 0 unspecified atom stereocenters. The van der Waals surface area contributed by atoms with E-state index in [1.54, 1.807) is 32.0 Å². The van der Waals surface area contributed by atoms with Crippen LogP contribution in [0.1, 0.15) is 27.0 Å². The summed E-state index contributed by atoms with van der Waals surface area (Å²) in [5.74, 6) is -1.66. The van der Waals surface area contributed by atoms with Crippen LogP contribution >= 0.6 is 7.75 Å². The van der Waals surface area contributed by atoms with Crippen molar-refractivity contribution in [3.8, 4) is 11.8 Å². The summed E-state index contributed by atoms with van der Waals surface area (Å²) < 4.78 is 36.6. The Labute approximate surface area is 207 Å². The maximum absolute atomic E-state index is 13.6. The number of hydrogen-bond acceptors (Lipinski definition) is 11. The van der Waals surface area contributed by atoms with Gasteiger partial charge in [-0.2, -0.15) is 15.3 Å². The molecule has 1 aromatic carbocycles. The van der Waals surface area contributed by atoms with Gasteiger partial charge in [0.15, 0.2) is 6.23 Å². The van der Waals surface area contributed by atoms with Crippen LogP contribution in [0.25, 0.3) is 0 Å². The van der Waals surface area contributed by atoms with Crippen LogP contribution in [0.2, 0.25) is 0 Å². The summed E-state index contributed by atoms with van der Waals surface area (Å²) in [5, 5.41) is 22.8. The fourth-order valence-electron chi connectivity index (χ4n) is 3.39. The van der Waals surface area contributed by atoms with Gasteiger partial charge in [0.25, 0.3) is 0 Å². The minimum atomic E-state index is -4.23. The number of nitrogens with zero attached hydrogens (tertiary/aromatic N) is 3. The number of esters is 1. The molecule has 14 heteroatoms. The lowest BCUT2D eigenvalue weighted by molar-refractivity contribution is -0.149. The van der Waals surface area contributed by atoms with E-state index in [1.165, 1.54) is 31.3 Å². The molecule has 4 N–H and O–H groups in total. The minimum Gasteiger partial charge on any atom is -0.462 e. The predicted octanol–water partition coefficient (Wildman–Crippen LogP) is 1.36. The quantitative estimate of drug-likeness (QED) is 0.301. The average Bonchev–Trinajstić information content (AvgIpc) is 3.12. The van der Waals surface area contributed by atoms with E-state index in [1.807, 2.05) is 6.07 Å². The maximum atomic E-state index is 13.6. The minimum absolute atomic E-state index is 0.0154. The molecule has 13 nitrogen and oxygen atoms in total. The van der Waals surface area contributed by atoms with Crippen molar-refractivity contribution < 1.29 is 33.0 Å². The number of aliphatic hydroxyl groups excluding tert-OH is 1. The predicted molar refractivity (Wildman–Crippen MR) is 126 cm³/mol. The molecule has 0 aliphatic carbocycles. The van der Waals surface area contributed by atoms with Crippen molar-refractivity contribution in [3.63, 3.8) is 0 Å². The van der Waals surface area contributed by atoms with Gasteiger partial charge in [0.2, 0.25) is 0 Å². The largest absolute Gasteiger partial charge is 0.462 e. The number of aliphatic hydroxyl groups is 1.